The number of hydrogen-bond acceptors (Lipinski definition) is 6. The summed E-state index contributed by atoms with van der Waals surface area (Å²) in [6, 6.07) is 0. The zero-order chi connectivity index (χ0) is 15.1. The Morgan fingerprint density at radius 1 is 1.37 bits per heavy atom. The standard InChI is InChI=1S/C11H20ClO6P/c1-8(2)17-19(14,16-7-9(3)12)18-10(4)6-11(13)15-5/h6,8-9H,7H2,1-5H3/b10-6+. The van der Waals surface area contributed by atoms with Gasteiger partial charge in [-0.15, -0.1) is 11.6 Å². The van der Waals surface area contributed by atoms with E-state index in [4.69, 9.17) is 25.2 Å². The largest absolute Gasteiger partial charge is 0.530 e. The molecule has 0 saturated carbocycles. The van der Waals surface area contributed by atoms with Crippen molar-refractivity contribution < 1.29 is 27.7 Å². The second kappa shape index (κ2) is 8.59. The fraction of sp³-hybridized carbons (Fsp3) is 0.727. The van der Waals surface area contributed by atoms with E-state index in [9.17, 15) is 9.36 Å². The van der Waals surface area contributed by atoms with E-state index < -0.39 is 13.8 Å². The topological polar surface area (TPSA) is 71.1 Å². The monoisotopic (exact) mass is 314 g/mol. The molecule has 0 heterocycles. The van der Waals surface area contributed by atoms with Gasteiger partial charge in [0, 0.05) is 0 Å². The van der Waals surface area contributed by atoms with Crippen molar-refractivity contribution >= 4 is 25.4 Å². The number of hydrogen-bond donors (Lipinski definition) is 0. The summed E-state index contributed by atoms with van der Waals surface area (Å²) in [5, 5.41) is -0.349. The predicted molar refractivity (Wildman–Crippen MR) is 72.0 cm³/mol. The number of esters is 1. The van der Waals surface area contributed by atoms with E-state index in [0.717, 1.165) is 6.08 Å². The molecule has 0 aromatic rings. The molecular weight excluding hydrogens is 295 g/mol. The van der Waals surface area contributed by atoms with Crippen LogP contribution in [0.2, 0.25) is 0 Å². The molecule has 0 rings (SSSR count). The first kappa shape index (κ1) is 18.4. The Balaban J connectivity index is 4.80. The molecule has 112 valence electrons. The van der Waals surface area contributed by atoms with Crippen molar-refractivity contribution in [1.82, 2.24) is 0 Å². The highest BCUT2D eigenvalue weighted by Crippen LogP contribution is 2.52. The summed E-state index contributed by atoms with van der Waals surface area (Å²) in [7, 11) is -2.59. The average molecular weight is 315 g/mol. The quantitative estimate of drug-likeness (QED) is 0.225. The van der Waals surface area contributed by atoms with Gasteiger partial charge in [0.15, 0.2) is 0 Å². The molecule has 0 aliphatic carbocycles. The summed E-state index contributed by atoms with van der Waals surface area (Å²) in [6.45, 7) is 6.49. The third-order valence-electron chi connectivity index (χ3n) is 1.58. The molecule has 0 aromatic carbocycles. The van der Waals surface area contributed by atoms with Crippen LogP contribution in [0.4, 0.5) is 0 Å². The van der Waals surface area contributed by atoms with E-state index in [2.05, 4.69) is 4.74 Å². The molecule has 6 nitrogen and oxygen atoms in total. The zero-order valence-corrected chi connectivity index (χ0v) is 13.4. The van der Waals surface area contributed by atoms with Crippen molar-refractivity contribution in [2.24, 2.45) is 0 Å². The number of methoxy groups -OCH3 is 1. The second-order valence-corrected chi connectivity index (χ2v) is 6.34. The second-order valence-electron chi connectivity index (χ2n) is 4.05. The van der Waals surface area contributed by atoms with Gasteiger partial charge in [0.2, 0.25) is 0 Å². The molecule has 0 N–H and O–H groups in total. The van der Waals surface area contributed by atoms with Crippen LogP contribution in [0.1, 0.15) is 27.7 Å². The molecule has 2 unspecified atom stereocenters. The van der Waals surface area contributed by atoms with Gasteiger partial charge in [-0.3, -0.25) is 9.05 Å². The number of carbonyl (C=O) groups excluding carboxylic acids is 1. The lowest BCUT2D eigenvalue weighted by atomic mass is 10.5. The lowest BCUT2D eigenvalue weighted by Crippen LogP contribution is -2.10. The number of halogens is 1. The lowest BCUT2D eigenvalue weighted by molar-refractivity contribution is -0.135. The van der Waals surface area contributed by atoms with Crippen molar-refractivity contribution in [2.75, 3.05) is 13.7 Å². The maximum atomic E-state index is 12.3. The predicted octanol–water partition coefficient (Wildman–Crippen LogP) is 3.26. The first-order valence-electron chi connectivity index (χ1n) is 5.71. The van der Waals surface area contributed by atoms with Gasteiger partial charge in [-0.2, -0.15) is 0 Å². The Bertz CT molecular complexity index is 366. The molecule has 0 aliphatic rings. The molecule has 0 aromatic heterocycles. The average Bonchev–Trinajstić information content (AvgIpc) is 2.24. The summed E-state index contributed by atoms with van der Waals surface area (Å²) in [6.07, 6.45) is 0.673. The van der Waals surface area contributed by atoms with Gasteiger partial charge in [-0.05, 0) is 27.7 Å². The molecular formula is C11H20ClO6P. The number of phosphoric ester groups is 1. The van der Waals surface area contributed by atoms with Crippen molar-refractivity contribution in [2.45, 2.75) is 39.2 Å². The molecule has 0 spiro atoms. The van der Waals surface area contributed by atoms with Crippen molar-refractivity contribution in [1.29, 1.82) is 0 Å². The Hall–Kier alpha value is -0.550. The normalized spacial score (nSPS) is 16.9. The molecule has 0 fully saturated rings. The van der Waals surface area contributed by atoms with E-state index in [-0.39, 0.29) is 23.8 Å². The minimum absolute atomic E-state index is 0.00292. The first-order chi connectivity index (χ1) is 8.68. The number of allylic oxidation sites excluding steroid dienone is 1. The van der Waals surface area contributed by atoms with E-state index in [1.54, 1.807) is 20.8 Å². The highest BCUT2D eigenvalue weighted by molar-refractivity contribution is 7.48. The summed E-state index contributed by atoms with van der Waals surface area (Å²) in [5.41, 5.74) is 0. The van der Waals surface area contributed by atoms with E-state index >= 15 is 0 Å². The molecule has 0 radical (unpaired) electrons. The summed E-state index contributed by atoms with van der Waals surface area (Å²) in [4.78, 5) is 11.0. The Labute approximate surface area is 118 Å². The van der Waals surface area contributed by atoms with Gasteiger partial charge in [-0.25, -0.2) is 9.36 Å². The number of ether oxygens (including phenoxy) is 1. The van der Waals surface area contributed by atoms with E-state index in [1.165, 1.54) is 14.0 Å². The minimum atomic E-state index is -3.81. The van der Waals surface area contributed by atoms with Gasteiger partial charge in [0.25, 0.3) is 0 Å². The maximum absolute atomic E-state index is 12.3. The number of alkyl halides is 1. The molecule has 19 heavy (non-hydrogen) atoms. The van der Waals surface area contributed by atoms with Crippen LogP contribution in [-0.4, -0.2) is 31.2 Å². The minimum Gasteiger partial charge on any atom is -0.466 e. The van der Waals surface area contributed by atoms with Crippen LogP contribution >= 0.6 is 19.4 Å². The SMILES string of the molecule is COC(=O)/C=C(\C)OP(=O)(OCC(C)Cl)OC(C)C. The first-order valence-corrected chi connectivity index (χ1v) is 7.61. The Kier molecular flexibility index (Phi) is 8.34. The molecule has 8 heteroatoms. The van der Waals surface area contributed by atoms with Crippen LogP contribution in [0.25, 0.3) is 0 Å². The van der Waals surface area contributed by atoms with Crippen molar-refractivity contribution in [3.8, 4) is 0 Å². The molecule has 0 bridgehead atoms. The van der Waals surface area contributed by atoms with Gasteiger partial charge >= 0.3 is 13.8 Å². The third kappa shape index (κ3) is 9.05. The van der Waals surface area contributed by atoms with Crippen LogP contribution in [0.15, 0.2) is 11.8 Å². The Morgan fingerprint density at radius 3 is 2.37 bits per heavy atom. The number of rotatable bonds is 8. The fourth-order valence-electron chi connectivity index (χ4n) is 0.958. The fourth-order valence-corrected chi connectivity index (χ4v) is 2.59. The van der Waals surface area contributed by atoms with Crippen LogP contribution < -0.4 is 0 Å². The lowest BCUT2D eigenvalue weighted by Gasteiger charge is -2.21. The smallest absolute Gasteiger partial charge is 0.466 e. The zero-order valence-electron chi connectivity index (χ0n) is 11.7. The van der Waals surface area contributed by atoms with Crippen LogP contribution in [0.5, 0.6) is 0 Å². The van der Waals surface area contributed by atoms with Crippen LogP contribution in [0.3, 0.4) is 0 Å². The Morgan fingerprint density at radius 2 is 1.95 bits per heavy atom. The summed E-state index contributed by atoms with van der Waals surface area (Å²) in [5.74, 6) is -0.558. The van der Waals surface area contributed by atoms with Gasteiger partial charge in [-0.1, -0.05) is 0 Å². The summed E-state index contributed by atoms with van der Waals surface area (Å²) < 4.78 is 32.0. The van der Waals surface area contributed by atoms with Crippen LogP contribution in [-0.2, 0) is 27.7 Å². The van der Waals surface area contributed by atoms with Crippen molar-refractivity contribution in [3.63, 3.8) is 0 Å². The molecule has 0 aliphatic heterocycles. The van der Waals surface area contributed by atoms with Gasteiger partial charge in [0.1, 0.15) is 5.76 Å². The van der Waals surface area contributed by atoms with Crippen molar-refractivity contribution in [3.05, 3.63) is 11.8 Å². The van der Waals surface area contributed by atoms with E-state index in [0.29, 0.717) is 0 Å². The highest BCUT2D eigenvalue weighted by Gasteiger charge is 2.30. The molecule has 0 amide bonds. The molecule has 2 atom stereocenters. The number of phosphoric acid groups is 1. The third-order valence-corrected chi connectivity index (χ3v) is 3.36. The van der Waals surface area contributed by atoms with Gasteiger partial charge < -0.3 is 9.26 Å². The maximum Gasteiger partial charge on any atom is 0.530 e. The van der Waals surface area contributed by atoms with Gasteiger partial charge in [0.05, 0.1) is 31.3 Å². The number of carbonyl (C=O) groups is 1. The molecule has 0 saturated heterocycles. The van der Waals surface area contributed by atoms with E-state index in [1.807, 2.05) is 0 Å². The highest BCUT2D eigenvalue weighted by atomic mass is 35.5. The summed E-state index contributed by atoms with van der Waals surface area (Å²) >= 11 is 5.72. The van der Waals surface area contributed by atoms with Crippen LogP contribution in [0, 0.1) is 0 Å².